The molecule has 0 aliphatic carbocycles. The minimum Gasteiger partial charge on any atom is -0.494 e. The predicted molar refractivity (Wildman–Crippen MR) is 67.7 cm³/mol. The summed E-state index contributed by atoms with van der Waals surface area (Å²) in [4.78, 5) is 0. The first-order valence-corrected chi connectivity index (χ1v) is 6.00. The number of hydrogen-bond donors (Lipinski definition) is 0. The predicted octanol–water partition coefficient (Wildman–Crippen LogP) is 4.37. The summed E-state index contributed by atoms with van der Waals surface area (Å²) in [7, 11) is 0. The van der Waals surface area contributed by atoms with Gasteiger partial charge in [0, 0.05) is 0 Å². The zero-order valence-corrected chi connectivity index (χ0v) is 10.8. The maximum Gasteiger partial charge on any atom is 0.122 e. The van der Waals surface area contributed by atoms with Crippen molar-refractivity contribution in [3.8, 4) is 5.75 Å². The Morgan fingerprint density at radius 2 is 1.80 bits per heavy atom. The minimum absolute atomic E-state index is 0.750. The van der Waals surface area contributed by atoms with Crippen molar-refractivity contribution in [1.29, 1.82) is 0 Å². The van der Waals surface area contributed by atoms with Crippen molar-refractivity contribution < 1.29 is 4.74 Å². The fraction of sp³-hybridized carbons (Fsp3) is 0.571. The molecular formula is C14H24O. The Morgan fingerprint density at radius 3 is 2.33 bits per heavy atom. The second kappa shape index (κ2) is 8.34. The van der Waals surface area contributed by atoms with Gasteiger partial charge in [0.05, 0.1) is 6.61 Å². The molecule has 15 heavy (non-hydrogen) atoms. The van der Waals surface area contributed by atoms with Crippen LogP contribution in [0.2, 0.25) is 0 Å². The molecule has 1 heteroatoms. The minimum atomic E-state index is 0.750. The number of benzene rings is 1. The topological polar surface area (TPSA) is 9.23 Å². The van der Waals surface area contributed by atoms with Crippen molar-refractivity contribution in [2.45, 2.75) is 47.5 Å². The van der Waals surface area contributed by atoms with E-state index in [9.17, 15) is 0 Å². The zero-order valence-electron chi connectivity index (χ0n) is 10.8. The van der Waals surface area contributed by atoms with Gasteiger partial charge in [-0.2, -0.15) is 0 Å². The van der Waals surface area contributed by atoms with Crippen molar-refractivity contribution in [3.63, 3.8) is 0 Å². The molecule has 0 aliphatic rings. The van der Waals surface area contributed by atoms with Crippen LogP contribution in [0.25, 0.3) is 0 Å². The van der Waals surface area contributed by atoms with Crippen molar-refractivity contribution in [2.75, 3.05) is 6.61 Å². The van der Waals surface area contributed by atoms with Gasteiger partial charge in [-0.1, -0.05) is 44.9 Å². The molecule has 1 aromatic rings. The van der Waals surface area contributed by atoms with Crippen LogP contribution in [0.3, 0.4) is 0 Å². The van der Waals surface area contributed by atoms with Crippen LogP contribution < -0.4 is 4.74 Å². The first-order valence-electron chi connectivity index (χ1n) is 6.00. The van der Waals surface area contributed by atoms with E-state index in [-0.39, 0.29) is 0 Å². The highest BCUT2D eigenvalue weighted by atomic mass is 16.5. The van der Waals surface area contributed by atoms with Crippen molar-refractivity contribution >= 4 is 0 Å². The number of aryl methyl sites for hydroxylation is 2. The summed E-state index contributed by atoms with van der Waals surface area (Å²) in [6.45, 7) is 11.1. The molecule has 0 N–H and O–H groups in total. The molecule has 0 aromatic heterocycles. The highest BCUT2D eigenvalue weighted by Crippen LogP contribution is 2.21. The molecule has 1 aromatic carbocycles. The van der Waals surface area contributed by atoms with Crippen molar-refractivity contribution in [3.05, 3.63) is 29.3 Å². The largest absolute Gasteiger partial charge is 0.494 e. The fourth-order valence-electron chi connectivity index (χ4n) is 1.47. The van der Waals surface area contributed by atoms with E-state index in [1.54, 1.807) is 0 Å². The van der Waals surface area contributed by atoms with Gasteiger partial charge in [0.15, 0.2) is 0 Å². The van der Waals surface area contributed by atoms with Crippen LogP contribution in [0, 0.1) is 6.92 Å². The van der Waals surface area contributed by atoms with Crippen LogP contribution in [0.4, 0.5) is 0 Å². The summed E-state index contributed by atoms with van der Waals surface area (Å²) in [6.07, 6.45) is 2.28. The molecule has 86 valence electrons. The standard InChI is InChI=1S/C12H18O.C2H6/c1-4-6-11-9-10(3)7-8-12(11)13-5-2;1-2/h7-9H,4-6H2,1-3H3;1-2H3. The maximum atomic E-state index is 5.54. The van der Waals surface area contributed by atoms with Crippen molar-refractivity contribution in [2.24, 2.45) is 0 Å². The molecule has 0 amide bonds. The lowest BCUT2D eigenvalue weighted by Crippen LogP contribution is -1.96. The van der Waals surface area contributed by atoms with Gasteiger partial charge >= 0.3 is 0 Å². The van der Waals surface area contributed by atoms with Crippen LogP contribution >= 0.6 is 0 Å². The Balaban J connectivity index is 0.000000921. The highest BCUT2D eigenvalue weighted by molar-refractivity contribution is 5.36. The van der Waals surface area contributed by atoms with Crippen LogP contribution in [-0.2, 0) is 6.42 Å². The van der Waals surface area contributed by atoms with Gasteiger partial charge in [0.1, 0.15) is 5.75 Å². The second-order valence-electron chi connectivity index (χ2n) is 3.29. The maximum absolute atomic E-state index is 5.54. The lowest BCUT2D eigenvalue weighted by atomic mass is 10.1. The van der Waals surface area contributed by atoms with E-state index in [2.05, 4.69) is 32.0 Å². The first-order chi connectivity index (χ1) is 7.27. The molecule has 0 aliphatic heterocycles. The van der Waals surface area contributed by atoms with E-state index < -0.39 is 0 Å². The van der Waals surface area contributed by atoms with Crippen LogP contribution in [0.5, 0.6) is 5.75 Å². The molecule has 1 nitrogen and oxygen atoms in total. The number of hydrogen-bond acceptors (Lipinski definition) is 1. The van der Waals surface area contributed by atoms with Crippen LogP contribution in [-0.4, -0.2) is 6.61 Å². The Labute approximate surface area is 94.5 Å². The van der Waals surface area contributed by atoms with Gasteiger partial charge in [-0.15, -0.1) is 0 Å². The second-order valence-corrected chi connectivity index (χ2v) is 3.29. The average molecular weight is 208 g/mol. The highest BCUT2D eigenvalue weighted by Gasteiger charge is 2.01. The zero-order chi connectivity index (χ0) is 11.7. The van der Waals surface area contributed by atoms with Gasteiger partial charge in [-0.25, -0.2) is 0 Å². The Kier molecular flexibility index (Phi) is 7.79. The number of rotatable bonds is 4. The smallest absolute Gasteiger partial charge is 0.122 e. The normalized spacial score (nSPS) is 9.13. The summed E-state index contributed by atoms with van der Waals surface area (Å²) in [5.41, 5.74) is 2.65. The molecule has 0 fully saturated rings. The van der Waals surface area contributed by atoms with Gasteiger partial charge in [0.25, 0.3) is 0 Å². The van der Waals surface area contributed by atoms with E-state index in [0.717, 1.165) is 18.8 Å². The Bertz CT molecular complexity index is 266. The summed E-state index contributed by atoms with van der Waals surface area (Å²) in [6, 6.07) is 6.39. The lowest BCUT2D eigenvalue weighted by Gasteiger charge is -2.09. The van der Waals surface area contributed by atoms with Crippen LogP contribution in [0.1, 0.15) is 45.2 Å². The summed E-state index contributed by atoms with van der Waals surface area (Å²) >= 11 is 0. The SMILES string of the molecule is CC.CCCc1cc(C)ccc1OCC. The van der Waals surface area contributed by atoms with E-state index in [1.165, 1.54) is 17.5 Å². The summed E-state index contributed by atoms with van der Waals surface area (Å²) in [5.74, 6) is 1.05. The molecule has 0 radical (unpaired) electrons. The molecule has 0 spiro atoms. The lowest BCUT2D eigenvalue weighted by molar-refractivity contribution is 0.336. The Morgan fingerprint density at radius 1 is 1.13 bits per heavy atom. The molecule has 0 heterocycles. The van der Waals surface area contributed by atoms with E-state index in [1.807, 2.05) is 20.8 Å². The molecular weight excluding hydrogens is 184 g/mol. The van der Waals surface area contributed by atoms with Gasteiger partial charge in [-0.3, -0.25) is 0 Å². The fourth-order valence-corrected chi connectivity index (χ4v) is 1.47. The quantitative estimate of drug-likeness (QED) is 0.714. The molecule has 0 unspecified atom stereocenters. The third kappa shape index (κ3) is 4.87. The average Bonchev–Trinajstić information content (AvgIpc) is 2.26. The molecule has 0 saturated carbocycles. The molecule has 0 saturated heterocycles. The third-order valence-corrected chi connectivity index (χ3v) is 2.04. The first kappa shape index (κ1) is 14.0. The molecule has 0 bridgehead atoms. The van der Waals surface area contributed by atoms with Crippen LogP contribution in [0.15, 0.2) is 18.2 Å². The Hall–Kier alpha value is -0.980. The van der Waals surface area contributed by atoms with Gasteiger partial charge in [-0.05, 0) is 31.9 Å². The molecule has 0 atom stereocenters. The number of ether oxygens (including phenoxy) is 1. The van der Waals surface area contributed by atoms with E-state index in [0.29, 0.717) is 0 Å². The van der Waals surface area contributed by atoms with Gasteiger partial charge < -0.3 is 4.74 Å². The van der Waals surface area contributed by atoms with Crippen molar-refractivity contribution in [1.82, 2.24) is 0 Å². The monoisotopic (exact) mass is 208 g/mol. The van der Waals surface area contributed by atoms with E-state index in [4.69, 9.17) is 4.74 Å². The third-order valence-electron chi connectivity index (χ3n) is 2.04. The van der Waals surface area contributed by atoms with E-state index >= 15 is 0 Å². The summed E-state index contributed by atoms with van der Waals surface area (Å²) in [5, 5.41) is 0. The summed E-state index contributed by atoms with van der Waals surface area (Å²) < 4.78 is 5.54. The molecule has 1 rings (SSSR count). The van der Waals surface area contributed by atoms with Gasteiger partial charge in [0.2, 0.25) is 0 Å².